The monoisotopic (exact) mass is 396 g/mol. The quantitative estimate of drug-likeness (QED) is 0.720. The lowest BCUT2D eigenvalue weighted by Gasteiger charge is -2.32. The second-order valence-corrected chi connectivity index (χ2v) is 7.45. The van der Waals surface area contributed by atoms with Crippen LogP contribution < -0.4 is 15.0 Å². The lowest BCUT2D eigenvalue weighted by molar-refractivity contribution is -0.153. The highest BCUT2D eigenvalue weighted by Crippen LogP contribution is 2.24. The van der Waals surface area contributed by atoms with E-state index < -0.39 is 12.1 Å². The van der Waals surface area contributed by atoms with Crippen molar-refractivity contribution in [2.24, 2.45) is 5.92 Å². The van der Waals surface area contributed by atoms with Gasteiger partial charge in [0.1, 0.15) is 5.75 Å². The number of nitrogens with one attached hydrogen (secondary N) is 1. The number of nitrogens with zero attached hydrogens (tertiary/aromatic N) is 1. The Hall–Kier alpha value is -3.02. The van der Waals surface area contributed by atoms with E-state index in [-0.39, 0.29) is 12.5 Å². The number of carbonyl (C=O) groups is 2. The summed E-state index contributed by atoms with van der Waals surface area (Å²) < 4.78 is 10.5. The Labute approximate surface area is 171 Å². The number of piperidine rings is 1. The Bertz CT molecular complexity index is 799. The number of ether oxygens (including phenoxy) is 2. The Kier molecular flexibility index (Phi) is 7.11. The minimum Gasteiger partial charge on any atom is -0.479 e. The minimum atomic E-state index is -0.795. The first kappa shape index (κ1) is 20.7. The van der Waals surface area contributed by atoms with E-state index in [0.717, 1.165) is 24.7 Å². The maximum Gasteiger partial charge on any atom is 0.347 e. The molecule has 6 nitrogen and oxygen atoms in total. The van der Waals surface area contributed by atoms with Gasteiger partial charge in [0.25, 0.3) is 5.91 Å². The van der Waals surface area contributed by atoms with Crippen LogP contribution in [0.2, 0.25) is 0 Å². The first-order valence-corrected chi connectivity index (χ1v) is 10.0. The summed E-state index contributed by atoms with van der Waals surface area (Å²) in [5, 5.41) is 2.75. The molecular weight excluding hydrogens is 368 g/mol. The number of rotatable bonds is 7. The molecule has 0 unspecified atom stereocenters. The summed E-state index contributed by atoms with van der Waals surface area (Å²) >= 11 is 0. The van der Waals surface area contributed by atoms with Gasteiger partial charge in [-0.25, -0.2) is 4.79 Å². The van der Waals surface area contributed by atoms with Gasteiger partial charge < -0.3 is 19.7 Å². The van der Waals surface area contributed by atoms with Crippen LogP contribution in [0.15, 0.2) is 54.6 Å². The molecule has 0 aromatic heterocycles. The van der Waals surface area contributed by atoms with Crippen molar-refractivity contribution in [1.82, 2.24) is 0 Å². The van der Waals surface area contributed by atoms with Gasteiger partial charge in [-0.15, -0.1) is 0 Å². The number of carbonyl (C=O) groups excluding carboxylic acids is 2. The summed E-state index contributed by atoms with van der Waals surface area (Å²) in [5.74, 6) is 0.390. The number of hydrogen-bond acceptors (Lipinski definition) is 5. The predicted molar refractivity (Wildman–Crippen MR) is 113 cm³/mol. The van der Waals surface area contributed by atoms with Crippen LogP contribution in [-0.2, 0) is 14.3 Å². The highest BCUT2D eigenvalue weighted by Gasteiger charge is 2.18. The van der Waals surface area contributed by atoms with Crippen LogP contribution in [0.1, 0.15) is 26.7 Å². The van der Waals surface area contributed by atoms with Crippen LogP contribution in [0.3, 0.4) is 0 Å². The Morgan fingerprint density at radius 3 is 2.38 bits per heavy atom. The third-order valence-electron chi connectivity index (χ3n) is 5.03. The molecule has 3 rings (SSSR count). The van der Waals surface area contributed by atoms with Gasteiger partial charge in [-0.2, -0.15) is 0 Å². The fraction of sp³-hybridized carbons (Fsp3) is 0.391. The average Bonchev–Trinajstić information content (AvgIpc) is 2.74. The number of benzene rings is 2. The zero-order valence-electron chi connectivity index (χ0n) is 17.0. The molecule has 2 aromatic rings. The standard InChI is InChI=1S/C23H28N2O4/c1-17-12-14-25(15-13-17)20-10-8-19(9-11-20)24-22(26)16-28-23(27)18(2)29-21-6-4-3-5-7-21/h3-11,17-18H,12-16H2,1-2H3,(H,24,26)/t18-/m1/s1. The van der Waals surface area contributed by atoms with Crippen molar-refractivity contribution in [3.8, 4) is 5.75 Å². The lowest BCUT2D eigenvalue weighted by atomic mass is 9.99. The Balaban J connectivity index is 1.42. The van der Waals surface area contributed by atoms with Crippen molar-refractivity contribution in [2.75, 3.05) is 29.9 Å². The maximum atomic E-state index is 12.1. The van der Waals surface area contributed by atoms with Gasteiger partial charge >= 0.3 is 5.97 Å². The molecule has 29 heavy (non-hydrogen) atoms. The van der Waals surface area contributed by atoms with Crippen LogP contribution in [0, 0.1) is 5.92 Å². The molecule has 1 N–H and O–H groups in total. The number of esters is 1. The third kappa shape index (κ3) is 6.24. The highest BCUT2D eigenvalue weighted by atomic mass is 16.6. The number of hydrogen-bond donors (Lipinski definition) is 1. The highest BCUT2D eigenvalue weighted by molar-refractivity contribution is 5.93. The molecule has 0 aliphatic carbocycles. The molecule has 1 atom stereocenters. The second kappa shape index (κ2) is 9.96. The van der Waals surface area contributed by atoms with Crippen molar-refractivity contribution in [3.63, 3.8) is 0 Å². The van der Waals surface area contributed by atoms with E-state index in [1.54, 1.807) is 19.1 Å². The summed E-state index contributed by atoms with van der Waals surface area (Å²) in [5.41, 5.74) is 1.84. The number of anilines is 2. The SMILES string of the molecule is CC1CCN(c2ccc(NC(=O)COC(=O)[C@@H](C)Oc3ccccc3)cc2)CC1. The normalized spacial score (nSPS) is 15.4. The second-order valence-electron chi connectivity index (χ2n) is 7.45. The smallest absolute Gasteiger partial charge is 0.347 e. The first-order chi connectivity index (χ1) is 14.0. The fourth-order valence-electron chi connectivity index (χ4n) is 3.22. The molecule has 154 valence electrons. The molecule has 0 saturated carbocycles. The van der Waals surface area contributed by atoms with E-state index in [9.17, 15) is 9.59 Å². The van der Waals surface area contributed by atoms with Crippen molar-refractivity contribution in [1.29, 1.82) is 0 Å². The molecule has 1 aliphatic rings. The van der Waals surface area contributed by atoms with E-state index in [1.165, 1.54) is 12.8 Å². The summed E-state index contributed by atoms with van der Waals surface area (Å²) in [7, 11) is 0. The first-order valence-electron chi connectivity index (χ1n) is 10.0. The van der Waals surface area contributed by atoms with E-state index in [1.807, 2.05) is 42.5 Å². The van der Waals surface area contributed by atoms with E-state index in [2.05, 4.69) is 17.1 Å². The Morgan fingerprint density at radius 1 is 1.07 bits per heavy atom. The topological polar surface area (TPSA) is 67.9 Å². The summed E-state index contributed by atoms with van der Waals surface area (Å²) in [6.45, 7) is 5.65. The molecule has 2 aromatic carbocycles. The van der Waals surface area contributed by atoms with Gasteiger partial charge in [0.15, 0.2) is 12.7 Å². The molecule has 1 amide bonds. The van der Waals surface area contributed by atoms with Crippen molar-refractivity contribution in [3.05, 3.63) is 54.6 Å². The van der Waals surface area contributed by atoms with Gasteiger partial charge in [-0.05, 0) is 62.1 Å². The molecule has 1 saturated heterocycles. The van der Waals surface area contributed by atoms with Crippen LogP contribution >= 0.6 is 0 Å². The van der Waals surface area contributed by atoms with Gasteiger partial charge in [0.2, 0.25) is 0 Å². The molecule has 0 radical (unpaired) electrons. The summed E-state index contributed by atoms with van der Waals surface area (Å²) in [6, 6.07) is 16.8. The van der Waals surface area contributed by atoms with E-state index >= 15 is 0 Å². The maximum absolute atomic E-state index is 12.1. The Morgan fingerprint density at radius 2 is 1.72 bits per heavy atom. The molecule has 1 aliphatic heterocycles. The molecule has 1 fully saturated rings. The fourth-order valence-corrected chi connectivity index (χ4v) is 3.22. The largest absolute Gasteiger partial charge is 0.479 e. The van der Waals surface area contributed by atoms with Gasteiger partial charge in [0, 0.05) is 24.5 Å². The zero-order valence-corrected chi connectivity index (χ0v) is 17.0. The molecule has 0 spiro atoms. The van der Waals surface area contributed by atoms with Crippen molar-refractivity contribution < 1.29 is 19.1 Å². The van der Waals surface area contributed by atoms with Gasteiger partial charge in [-0.1, -0.05) is 25.1 Å². The lowest BCUT2D eigenvalue weighted by Crippen LogP contribution is -2.32. The molecule has 6 heteroatoms. The number of amides is 1. The minimum absolute atomic E-state index is 0.354. The molecular formula is C23H28N2O4. The van der Waals surface area contributed by atoms with Crippen LogP contribution in [0.5, 0.6) is 5.75 Å². The van der Waals surface area contributed by atoms with Crippen LogP contribution in [0.25, 0.3) is 0 Å². The molecule has 0 bridgehead atoms. The molecule has 1 heterocycles. The van der Waals surface area contributed by atoms with Crippen molar-refractivity contribution >= 4 is 23.3 Å². The third-order valence-corrected chi connectivity index (χ3v) is 5.03. The van der Waals surface area contributed by atoms with Gasteiger partial charge in [0.05, 0.1) is 0 Å². The zero-order chi connectivity index (χ0) is 20.6. The predicted octanol–water partition coefficient (Wildman–Crippen LogP) is 3.87. The van der Waals surface area contributed by atoms with Crippen molar-refractivity contribution in [2.45, 2.75) is 32.8 Å². The van der Waals surface area contributed by atoms with Crippen LogP contribution in [0.4, 0.5) is 11.4 Å². The van der Waals surface area contributed by atoms with E-state index in [4.69, 9.17) is 9.47 Å². The number of para-hydroxylation sites is 1. The average molecular weight is 396 g/mol. The van der Waals surface area contributed by atoms with E-state index in [0.29, 0.717) is 11.4 Å². The summed E-state index contributed by atoms with van der Waals surface area (Å²) in [4.78, 5) is 26.5. The van der Waals surface area contributed by atoms with Crippen LogP contribution in [-0.4, -0.2) is 37.7 Å². The summed E-state index contributed by atoms with van der Waals surface area (Å²) in [6.07, 6.45) is 1.61. The van der Waals surface area contributed by atoms with Gasteiger partial charge in [-0.3, -0.25) is 4.79 Å².